The third-order valence-corrected chi connectivity index (χ3v) is 3.95. The van der Waals surface area contributed by atoms with Gasteiger partial charge in [-0.15, -0.1) is 0 Å². The van der Waals surface area contributed by atoms with Crippen LogP contribution in [-0.4, -0.2) is 23.2 Å². The molecule has 1 aromatic rings. The van der Waals surface area contributed by atoms with E-state index in [1.807, 2.05) is 13.0 Å². The minimum absolute atomic E-state index is 0.257. The lowest BCUT2D eigenvalue weighted by molar-refractivity contribution is -0.0944. The van der Waals surface area contributed by atoms with E-state index >= 15 is 0 Å². The molecule has 1 aliphatic rings. The van der Waals surface area contributed by atoms with E-state index in [0.717, 1.165) is 24.2 Å². The third kappa shape index (κ3) is 1.81. The number of nitrogen functional groups attached to an aromatic ring is 1. The van der Waals surface area contributed by atoms with Crippen LogP contribution in [0.2, 0.25) is 0 Å². The SMILES string of the molecule is Cc1ccnc(N)c1C1(O)CCNCC1(C)C. The summed E-state index contributed by atoms with van der Waals surface area (Å²) >= 11 is 0. The second-order valence-electron chi connectivity index (χ2n) is 5.56. The molecule has 0 spiro atoms. The summed E-state index contributed by atoms with van der Waals surface area (Å²) in [5.41, 5.74) is 6.62. The first-order valence-corrected chi connectivity index (χ1v) is 6.03. The van der Waals surface area contributed by atoms with Gasteiger partial charge in [-0.25, -0.2) is 4.98 Å². The van der Waals surface area contributed by atoms with Gasteiger partial charge in [-0.1, -0.05) is 13.8 Å². The second kappa shape index (κ2) is 3.96. The molecule has 0 aliphatic carbocycles. The zero-order valence-corrected chi connectivity index (χ0v) is 10.7. The monoisotopic (exact) mass is 235 g/mol. The number of nitrogens with two attached hydrogens (primary N) is 1. The molecule has 1 aliphatic heterocycles. The molecule has 17 heavy (non-hydrogen) atoms. The number of anilines is 1. The lowest BCUT2D eigenvalue weighted by Crippen LogP contribution is -2.54. The van der Waals surface area contributed by atoms with Gasteiger partial charge in [0.1, 0.15) is 11.4 Å². The van der Waals surface area contributed by atoms with Crippen molar-refractivity contribution >= 4 is 5.82 Å². The van der Waals surface area contributed by atoms with Crippen molar-refractivity contribution in [3.63, 3.8) is 0 Å². The molecule has 0 aromatic carbocycles. The lowest BCUT2D eigenvalue weighted by atomic mass is 9.66. The molecule has 1 saturated heterocycles. The zero-order valence-electron chi connectivity index (χ0n) is 10.7. The predicted molar refractivity (Wildman–Crippen MR) is 68.6 cm³/mol. The number of nitrogens with one attached hydrogen (secondary N) is 1. The summed E-state index contributed by atoms with van der Waals surface area (Å²) in [6.07, 6.45) is 2.35. The summed E-state index contributed by atoms with van der Waals surface area (Å²) in [4.78, 5) is 4.12. The molecule has 4 N–H and O–H groups in total. The van der Waals surface area contributed by atoms with Crippen molar-refractivity contribution in [2.45, 2.75) is 32.8 Å². The predicted octanol–water partition coefficient (Wildman–Crippen LogP) is 1.18. The molecule has 94 valence electrons. The number of piperidine rings is 1. The molecule has 0 bridgehead atoms. The second-order valence-corrected chi connectivity index (χ2v) is 5.56. The molecule has 0 amide bonds. The first-order chi connectivity index (χ1) is 7.88. The highest BCUT2D eigenvalue weighted by molar-refractivity contribution is 5.49. The fourth-order valence-electron chi connectivity index (χ4n) is 2.74. The summed E-state index contributed by atoms with van der Waals surface area (Å²) in [6, 6.07) is 1.90. The molecular weight excluding hydrogens is 214 g/mol. The quantitative estimate of drug-likeness (QED) is 0.683. The summed E-state index contributed by atoms with van der Waals surface area (Å²) in [7, 11) is 0. The van der Waals surface area contributed by atoms with E-state index in [0.29, 0.717) is 12.2 Å². The maximum absolute atomic E-state index is 11.1. The molecule has 2 heterocycles. The van der Waals surface area contributed by atoms with E-state index in [1.54, 1.807) is 6.20 Å². The topological polar surface area (TPSA) is 71.2 Å². The number of aryl methyl sites for hydroxylation is 1. The van der Waals surface area contributed by atoms with Gasteiger partial charge in [0.05, 0.1) is 0 Å². The van der Waals surface area contributed by atoms with Crippen molar-refractivity contribution in [2.75, 3.05) is 18.8 Å². The van der Waals surface area contributed by atoms with Crippen LogP contribution in [0.5, 0.6) is 0 Å². The van der Waals surface area contributed by atoms with Crippen molar-refractivity contribution in [3.05, 3.63) is 23.4 Å². The van der Waals surface area contributed by atoms with Crippen molar-refractivity contribution < 1.29 is 5.11 Å². The van der Waals surface area contributed by atoms with E-state index in [2.05, 4.69) is 24.1 Å². The highest BCUT2D eigenvalue weighted by atomic mass is 16.3. The Morgan fingerprint density at radius 2 is 2.18 bits per heavy atom. The molecule has 4 nitrogen and oxygen atoms in total. The molecule has 0 saturated carbocycles. The average molecular weight is 235 g/mol. The Morgan fingerprint density at radius 3 is 2.76 bits per heavy atom. The Balaban J connectivity index is 2.57. The van der Waals surface area contributed by atoms with Crippen LogP contribution in [0.4, 0.5) is 5.82 Å². The maximum atomic E-state index is 11.1. The van der Waals surface area contributed by atoms with Gasteiger partial charge in [-0.2, -0.15) is 0 Å². The molecule has 1 unspecified atom stereocenters. The number of nitrogens with zero attached hydrogens (tertiary/aromatic N) is 1. The van der Waals surface area contributed by atoms with Gasteiger partial charge in [0.25, 0.3) is 0 Å². The molecule has 1 atom stereocenters. The molecule has 4 heteroatoms. The number of hydrogen-bond donors (Lipinski definition) is 3. The summed E-state index contributed by atoms with van der Waals surface area (Å²) < 4.78 is 0. The van der Waals surface area contributed by atoms with Crippen LogP contribution in [-0.2, 0) is 5.60 Å². The molecule has 1 aromatic heterocycles. The van der Waals surface area contributed by atoms with Crippen LogP contribution in [0.25, 0.3) is 0 Å². The molecule has 0 radical (unpaired) electrons. The number of pyridine rings is 1. The maximum Gasteiger partial charge on any atom is 0.129 e. The van der Waals surface area contributed by atoms with Gasteiger partial charge in [0.15, 0.2) is 0 Å². The minimum Gasteiger partial charge on any atom is -0.384 e. The van der Waals surface area contributed by atoms with Gasteiger partial charge < -0.3 is 16.2 Å². The Labute approximate surface area is 102 Å². The fourth-order valence-corrected chi connectivity index (χ4v) is 2.74. The van der Waals surface area contributed by atoms with Crippen LogP contribution >= 0.6 is 0 Å². The number of hydrogen-bond acceptors (Lipinski definition) is 4. The number of aliphatic hydroxyl groups is 1. The minimum atomic E-state index is -0.902. The Kier molecular flexibility index (Phi) is 2.87. The Hall–Kier alpha value is -1.13. The van der Waals surface area contributed by atoms with E-state index < -0.39 is 5.60 Å². The summed E-state index contributed by atoms with van der Waals surface area (Å²) in [5, 5.41) is 14.4. The lowest BCUT2D eigenvalue weighted by Gasteiger charge is -2.47. The zero-order chi connectivity index (χ0) is 12.7. The standard InChI is InChI=1S/C13H21N3O/c1-9-4-6-16-11(14)10(9)13(17)5-7-15-8-12(13,2)3/h4,6,15,17H,5,7-8H2,1-3H3,(H2,14,16). The van der Waals surface area contributed by atoms with E-state index in [1.165, 1.54) is 0 Å². The Morgan fingerprint density at radius 1 is 1.47 bits per heavy atom. The van der Waals surface area contributed by atoms with Crippen molar-refractivity contribution in [2.24, 2.45) is 5.41 Å². The Bertz CT molecular complexity index is 410. The van der Waals surface area contributed by atoms with Gasteiger partial charge >= 0.3 is 0 Å². The van der Waals surface area contributed by atoms with Gasteiger partial charge in [0.2, 0.25) is 0 Å². The molecule has 2 rings (SSSR count). The third-order valence-electron chi connectivity index (χ3n) is 3.95. The smallest absolute Gasteiger partial charge is 0.129 e. The molecule has 1 fully saturated rings. The van der Waals surface area contributed by atoms with Gasteiger partial charge in [0, 0.05) is 23.7 Å². The largest absolute Gasteiger partial charge is 0.384 e. The normalized spacial score (nSPS) is 28.0. The summed E-state index contributed by atoms with van der Waals surface area (Å²) in [5.74, 6) is 0.447. The van der Waals surface area contributed by atoms with Crippen LogP contribution in [0.15, 0.2) is 12.3 Å². The fraction of sp³-hybridized carbons (Fsp3) is 0.615. The van der Waals surface area contributed by atoms with Crippen molar-refractivity contribution in [1.82, 2.24) is 10.3 Å². The van der Waals surface area contributed by atoms with Gasteiger partial charge in [-0.3, -0.25) is 0 Å². The number of aromatic nitrogens is 1. The summed E-state index contributed by atoms with van der Waals surface area (Å²) in [6.45, 7) is 7.67. The van der Waals surface area contributed by atoms with E-state index in [4.69, 9.17) is 5.73 Å². The first-order valence-electron chi connectivity index (χ1n) is 6.03. The van der Waals surface area contributed by atoms with Crippen LogP contribution in [0, 0.1) is 12.3 Å². The van der Waals surface area contributed by atoms with E-state index in [9.17, 15) is 5.11 Å². The van der Waals surface area contributed by atoms with Crippen molar-refractivity contribution in [3.8, 4) is 0 Å². The van der Waals surface area contributed by atoms with Crippen LogP contribution in [0.1, 0.15) is 31.4 Å². The first kappa shape index (κ1) is 12.3. The van der Waals surface area contributed by atoms with Gasteiger partial charge in [-0.05, 0) is 31.5 Å². The van der Waals surface area contributed by atoms with E-state index in [-0.39, 0.29) is 5.41 Å². The highest BCUT2D eigenvalue weighted by Crippen LogP contribution is 2.46. The number of rotatable bonds is 1. The van der Waals surface area contributed by atoms with Crippen LogP contribution < -0.4 is 11.1 Å². The van der Waals surface area contributed by atoms with Crippen molar-refractivity contribution in [1.29, 1.82) is 0 Å². The van der Waals surface area contributed by atoms with Crippen LogP contribution in [0.3, 0.4) is 0 Å². The average Bonchev–Trinajstić information content (AvgIpc) is 2.22. The molecular formula is C13H21N3O. The highest BCUT2D eigenvalue weighted by Gasteiger charge is 2.48.